The Morgan fingerprint density at radius 1 is 1.47 bits per heavy atom. The fourth-order valence-corrected chi connectivity index (χ4v) is 2.57. The summed E-state index contributed by atoms with van der Waals surface area (Å²) >= 11 is 3.38. The van der Waals surface area contributed by atoms with E-state index in [2.05, 4.69) is 26.6 Å². The summed E-state index contributed by atoms with van der Waals surface area (Å²) in [6, 6.07) is 8.07. The molecule has 0 radical (unpaired) electrons. The molecule has 1 aromatic rings. The molecule has 0 saturated carbocycles. The SMILES string of the molecule is O=C(NCCC1CCCN1)c1ccccc1Br. The Morgan fingerprint density at radius 2 is 2.29 bits per heavy atom. The van der Waals surface area contributed by atoms with Crippen molar-refractivity contribution in [1.29, 1.82) is 0 Å². The van der Waals surface area contributed by atoms with Gasteiger partial charge in [0.15, 0.2) is 0 Å². The summed E-state index contributed by atoms with van der Waals surface area (Å²) in [6.45, 7) is 1.85. The van der Waals surface area contributed by atoms with Crippen LogP contribution in [0, 0.1) is 0 Å². The summed E-state index contributed by atoms with van der Waals surface area (Å²) in [7, 11) is 0. The lowest BCUT2D eigenvalue weighted by Gasteiger charge is -2.11. The molecule has 0 aromatic heterocycles. The average molecular weight is 297 g/mol. The molecule has 0 bridgehead atoms. The second-order valence-corrected chi connectivity index (χ2v) is 5.17. The summed E-state index contributed by atoms with van der Waals surface area (Å²) in [5.41, 5.74) is 0.701. The molecular formula is C13H17BrN2O. The van der Waals surface area contributed by atoms with Crippen molar-refractivity contribution in [2.75, 3.05) is 13.1 Å². The maximum Gasteiger partial charge on any atom is 0.252 e. The van der Waals surface area contributed by atoms with Crippen molar-refractivity contribution in [3.05, 3.63) is 34.3 Å². The van der Waals surface area contributed by atoms with Crippen LogP contribution in [0.5, 0.6) is 0 Å². The molecule has 1 aromatic carbocycles. The van der Waals surface area contributed by atoms with E-state index in [9.17, 15) is 4.79 Å². The molecule has 1 heterocycles. The van der Waals surface area contributed by atoms with Crippen LogP contribution < -0.4 is 10.6 Å². The summed E-state index contributed by atoms with van der Waals surface area (Å²) in [5, 5.41) is 6.38. The molecule has 1 unspecified atom stereocenters. The Labute approximate surface area is 110 Å². The summed E-state index contributed by atoms with van der Waals surface area (Å²) in [4.78, 5) is 11.9. The highest BCUT2D eigenvalue weighted by Crippen LogP contribution is 2.15. The van der Waals surface area contributed by atoms with Gasteiger partial charge in [-0.05, 0) is 53.9 Å². The van der Waals surface area contributed by atoms with E-state index in [1.54, 1.807) is 0 Å². The first-order chi connectivity index (χ1) is 8.27. The van der Waals surface area contributed by atoms with Gasteiger partial charge in [-0.1, -0.05) is 12.1 Å². The molecule has 92 valence electrons. The van der Waals surface area contributed by atoms with Gasteiger partial charge in [-0.3, -0.25) is 4.79 Å². The molecular weight excluding hydrogens is 280 g/mol. The fraction of sp³-hybridized carbons (Fsp3) is 0.462. The lowest BCUT2D eigenvalue weighted by molar-refractivity contribution is 0.0951. The van der Waals surface area contributed by atoms with Crippen LogP contribution in [0.25, 0.3) is 0 Å². The standard InChI is InChI=1S/C13H17BrN2O/c14-12-6-2-1-5-11(12)13(17)16-9-7-10-4-3-8-15-10/h1-2,5-6,10,15H,3-4,7-9H2,(H,16,17). The van der Waals surface area contributed by atoms with Gasteiger partial charge in [0, 0.05) is 17.1 Å². The van der Waals surface area contributed by atoms with Crippen molar-refractivity contribution < 1.29 is 4.79 Å². The first kappa shape index (κ1) is 12.6. The van der Waals surface area contributed by atoms with Crippen LogP contribution in [-0.4, -0.2) is 25.0 Å². The molecule has 3 nitrogen and oxygen atoms in total. The largest absolute Gasteiger partial charge is 0.352 e. The van der Waals surface area contributed by atoms with Gasteiger partial charge >= 0.3 is 0 Å². The highest BCUT2D eigenvalue weighted by atomic mass is 79.9. The topological polar surface area (TPSA) is 41.1 Å². The van der Waals surface area contributed by atoms with Crippen LogP contribution in [0.4, 0.5) is 0 Å². The number of rotatable bonds is 4. The fourth-order valence-electron chi connectivity index (χ4n) is 2.10. The van der Waals surface area contributed by atoms with E-state index in [4.69, 9.17) is 0 Å². The minimum absolute atomic E-state index is 0.00419. The molecule has 0 spiro atoms. The smallest absolute Gasteiger partial charge is 0.252 e. The lowest BCUT2D eigenvalue weighted by atomic mass is 10.1. The van der Waals surface area contributed by atoms with E-state index < -0.39 is 0 Å². The van der Waals surface area contributed by atoms with Gasteiger partial charge in [-0.15, -0.1) is 0 Å². The van der Waals surface area contributed by atoms with E-state index in [1.807, 2.05) is 24.3 Å². The first-order valence-corrected chi connectivity index (χ1v) is 6.83. The Kier molecular flexibility index (Phi) is 4.57. The van der Waals surface area contributed by atoms with E-state index in [0.717, 1.165) is 24.0 Å². The van der Waals surface area contributed by atoms with Crippen LogP contribution in [0.2, 0.25) is 0 Å². The number of carbonyl (C=O) groups excluding carboxylic acids is 1. The van der Waals surface area contributed by atoms with Gasteiger partial charge < -0.3 is 10.6 Å². The third-order valence-corrected chi connectivity index (χ3v) is 3.75. The van der Waals surface area contributed by atoms with Crippen molar-refractivity contribution in [3.63, 3.8) is 0 Å². The predicted octanol–water partition coefficient (Wildman–Crippen LogP) is 2.32. The molecule has 17 heavy (non-hydrogen) atoms. The zero-order valence-electron chi connectivity index (χ0n) is 9.71. The van der Waals surface area contributed by atoms with Crippen LogP contribution in [0.1, 0.15) is 29.6 Å². The van der Waals surface area contributed by atoms with E-state index in [0.29, 0.717) is 11.6 Å². The third-order valence-electron chi connectivity index (χ3n) is 3.06. The van der Waals surface area contributed by atoms with Gasteiger partial charge in [0.25, 0.3) is 5.91 Å². The average Bonchev–Trinajstić information content (AvgIpc) is 2.82. The van der Waals surface area contributed by atoms with Crippen molar-refractivity contribution in [3.8, 4) is 0 Å². The number of hydrogen-bond donors (Lipinski definition) is 2. The molecule has 1 aliphatic heterocycles. The van der Waals surface area contributed by atoms with Gasteiger partial charge in [0.2, 0.25) is 0 Å². The molecule has 1 amide bonds. The Morgan fingerprint density at radius 3 is 3.00 bits per heavy atom. The van der Waals surface area contributed by atoms with E-state index in [1.165, 1.54) is 12.8 Å². The van der Waals surface area contributed by atoms with Gasteiger partial charge in [-0.25, -0.2) is 0 Å². The molecule has 1 atom stereocenters. The molecule has 2 rings (SSSR count). The minimum atomic E-state index is -0.00419. The molecule has 4 heteroatoms. The van der Waals surface area contributed by atoms with Gasteiger partial charge in [0.1, 0.15) is 0 Å². The van der Waals surface area contributed by atoms with Gasteiger partial charge in [-0.2, -0.15) is 0 Å². The number of benzene rings is 1. The van der Waals surface area contributed by atoms with Crippen molar-refractivity contribution in [2.45, 2.75) is 25.3 Å². The van der Waals surface area contributed by atoms with E-state index >= 15 is 0 Å². The maximum absolute atomic E-state index is 11.9. The lowest BCUT2D eigenvalue weighted by Crippen LogP contribution is -2.30. The van der Waals surface area contributed by atoms with Crippen LogP contribution in [-0.2, 0) is 0 Å². The normalized spacial score (nSPS) is 19.2. The zero-order valence-corrected chi connectivity index (χ0v) is 11.3. The third kappa shape index (κ3) is 3.54. The number of carbonyl (C=O) groups is 1. The Balaban J connectivity index is 1.79. The molecule has 1 fully saturated rings. The number of nitrogens with one attached hydrogen (secondary N) is 2. The van der Waals surface area contributed by atoms with Crippen molar-refractivity contribution in [2.24, 2.45) is 0 Å². The van der Waals surface area contributed by atoms with Crippen molar-refractivity contribution in [1.82, 2.24) is 10.6 Å². The second-order valence-electron chi connectivity index (χ2n) is 4.32. The molecule has 0 aliphatic carbocycles. The zero-order chi connectivity index (χ0) is 12.1. The van der Waals surface area contributed by atoms with Crippen LogP contribution >= 0.6 is 15.9 Å². The van der Waals surface area contributed by atoms with Gasteiger partial charge in [0.05, 0.1) is 5.56 Å². The first-order valence-electron chi connectivity index (χ1n) is 6.03. The predicted molar refractivity (Wildman–Crippen MR) is 72.1 cm³/mol. The van der Waals surface area contributed by atoms with E-state index in [-0.39, 0.29) is 5.91 Å². The maximum atomic E-state index is 11.9. The second kappa shape index (κ2) is 6.17. The number of amides is 1. The summed E-state index contributed by atoms with van der Waals surface area (Å²) < 4.78 is 0.844. The quantitative estimate of drug-likeness (QED) is 0.895. The Bertz CT molecular complexity index is 389. The summed E-state index contributed by atoms with van der Waals surface area (Å²) in [6.07, 6.45) is 3.49. The molecule has 1 saturated heterocycles. The highest BCUT2D eigenvalue weighted by Gasteiger charge is 2.14. The number of halogens is 1. The number of hydrogen-bond acceptors (Lipinski definition) is 2. The highest BCUT2D eigenvalue weighted by molar-refractivity contribution is 9.10. The van der Waals surface area contributed by atoms with Crippen LogP contribution in [0.3, 0.4) is 0 Å². The monoisotopic (exact) mass is 296 g/mol. The summed E-state index contributed by atoms with van der Waals surface area (Å²) in [5.74, 6) is -0.00419. The Hall–Kier alpha value is -0.870. The minimum Gasteiger partial charge on any atom is -0.352 e. The molecule has 2 N–H and O–H groups in total. The molecule has 1 aliphatic rings. The van der Waals surface area contributed by atoms with Crippen molar-refractivity contribution >= 4 is 21.8 Å². The van der Waals surface area contributed by atoms with Crippen LogP contribution in [0.15, 0.2) is 28.7 Å².